The van der Waals surface area contributed by atoms with Gasteiger partial charge in [-0.3, -0.25) is 14.8 Å². The molecule has 1 aromatic heterocycles. The molecule has 0 atom stereocenters. The maximum atomic E-state index is 12.9. The monoisotopic (exact) mass is 482 g/mol. The lowest BCUT2D eigenvalue weighted by Crippen LogP contribution is -2.13. The van der Waals surface area contributed by atoms with E-state index in [0.717, 1.165) is 26.7 Å². The Balaban J connectivity index is 1.51. The van der Waals surface area contributed by atoms with E-state index in [-0.39, 0.29) is 15.4 Å². The summed E-state index contributed by atoms with van der Waals surface area (Å²) in [5.74, 6) is -0.374. The Morgan fingerprint density at radius 3 is 2.38 bits per heavy atom. The number of carbonyl (C=O) groups excluding carboxylic acids is 1. The summed E-state index contributed by atoms with van der Waals surface area (Å²) >= 11 is 2.23. The van der Waals surface area contributed by atoms with Crippen LogP contribution in [0.5, 0.6) is 0 Å². The van der Waals surface area contributed by atoms with Gasteiger partial charge in [-0.05, 0) is 42.8 Å². The molecule has 0 fully saturated rings. The van der Waals surface area contributed by atoms with Crippen molar-refractivity contribution in [3.8, 4) is 0 Å². The second kappa shape index (κ2) is 9.51. The van der Waals surface area contributed by atoms with Crippen LogP contribution in [0, 0.1) is 6.92 Å². The third kappa shape index (κ3) is 5.16. The fraction of sp³-hybridized carbons (Fsp3) is 0.0455. The summed E-state index contributed by atoms with van der Waals surface area (Å²) in [6.45, 7) is 1.82. The summed E-state index contributed by atoms with van der Waals surface area (Å²) in [5.41, 5.74) is 1.72. The van der Waals surface area contributed by atoms with E-state index in [0.29, 0.717) is 11.3 Å². The van der Waals surface area contributed by atoms with Crippen molar-refractivity contribution in [1.29, 1.82) is 0 Å². The summed E-state index contributed by atoms with van der Waals surface area (Å²) in [6.07, 6.45) is 0. The summed E-state index contributed by atoms with van der Waals surface area (Å²) in [6, 6.07) is 23.9. The summed E-state index contributed by atoms with van der Waals surface area (Å²) in [4.78, 5) is 14.2. The number of rotatable bonds is 7. The van der Waals surface area contributed by atoms with Crippen LogP contribution in [-0.4, -0.2) is 24.5 Å². The fourth-order valence-electron chi connectivity index (χ4n) is 2.80. The van der Waals surface area contributed by atoms with Crippen molar-refractivity contribution in [2.45, 2.75) is 21.1 Å². The van der Waals surface area contributed by atoms with Crippen LogP contribution < -0.4 is 10.0 Å². The van der Waals surface area contributed by atoms with Gasteiger partial charge in [0, 0.05) is 15.4 Å². The predicted octanol–water partition coefficient (Wildman–Crippen LogP) is 5.05. The molecule has 162 valence electrons. The molecule has 0 unspecified atom stereocenters. The van der Waals surface area contributed by atoms with Gasteiger partial charge in [0.25, 0.3) is 20.3 Å². The van der Waals surface area contributed by atoms with Gasteiger partial charge >= 0.3 is 0 Å². The molecule has 7 nitrogen and oxygen atoms in total. The first-order valence-corrected chi connectivity index (χ1v) is 12.6. The number of nitrogens with one attached hydrogen (secondary N) is 2. The van der Waals surface area contributed by atoms with E-state index in [1.165, 1.54) is 11.8 Å². The number of carbonyl (C=O) groups is 1. The van der Waals surface area contributed by atoms with Gasteiger partial charge in [-0.1, -0.05) is 71.6 Å². The standard InChI is InChI=1S/C22H18N4O3S3/c1-15-9-5-6-12-17(15)20(27)23-21-24-25-22(31-21)32(28,29)26-18-13-7-8-14-19(18)30-16-10-3-2-4-11-16/h2-14,26H,1H3,(H,23,24,27). The van der Waals surface area contributed by atoms with E-state index in [2.05, 4.69) is 20.2 Å². The number of amides is 1. The third-order valence-electron chi connectivity index (χ3n) is 4.35. The predicted molar refractivity (Wildman–Crippen MR) is 127 cm³/mol. The molecule has 3 aromatic carbocycles. The lowest BCUT2D eigenvalue weighted by Gasteiger charge is -2.10. The molecule has 4 aromatic rings. The van der Waals surface area contributed by atoms with Crippen molar-refractivity contribution in [1.82, 2.24) is 10.2 Å². The zero-order valence-corrected chi connectivity index (χ0v) is 19.3. The van der Waals surface area contributed by atoms with Crippen molar-refractivity contribution in [3.05, 3.63) is 90.0 Å². The maximum absolute atomic E-state index is 12.9. The zero-order chi connectivity index (χ0) is 22.6. The molecule has 0 aliphatic heterocycles. The fourth-order valence-corrected chi connectivity index (χ4v) is 5.77. The number of benzene rings is 3. The van der Waals surface area contributed by atoms with E-state index < -0.39 is 10.0 Å². The molecule has 0 saturated heterocycles. The SMILES string of the molecule is Cc1ccccc1C(=O)Nc1nnc(S(=O)(=O)Nc2ccccc2Sc2ccccc2)s1. The molecule has 0 saturated carbocycles. The van der Waals surface area contributed by atoms with Crippen molar-refractivity contribution in [2.24, 2.45) is 0 Å². The van der Waals surface area contributed by atoms with Gasteiger partial charge in [-0.25, -0.2) is 0 Å². The quantitative estimate of drug-likeness (QED) is 0.358. The first kappa shape index (κ1) is 22.0. The third-order valence-corrected chi connectivity index (χ3v) is 8.00. The number of nitrogens with zero attached hydrogens (tertiary/aromatic N) is 2. The van der Waals surface area contributed by atoms with Gasteiger partial charge in [0.15, 0.2) is 0 Å². The van der Waals surface area contributed by atoms with Crippen LogP contribution in [-0.2, 0) is 10.0 Å². The molecule has 0 aliphatic rings. The molecule has 0 spiro atoms. The Labute approximate surface area is 194 Å². The van der Waals surface area contributed by atoms with Crippen molar-refractivity contribution in [2.75, 3.05) is 10.0 Å². The number of anilines is 2. The van der Waals surface area contributed by atoms with Gasteiger partial charge in [0.05, 0.1) is 5.69 Å². The Hall–Kier alpha value is -3.21. The minimum Gasteiger partial charge on any atom is -0.296 e. The van der Waals surface area contributed by atoms with Crippen LogP contribution in [0.2, 0.25) is 0 Å². The molecular formula is C22H18N4O3S3. The largest absolute Gasteiger partial charge is 0.296 e. The van der Waals surface area contributed by atoms with E-state index in [9.17, 15) is 13.2 Å². The summed E-state index contributed by atoms with van der Waals surface area (Å²) in [7, 11) is -3.99. The van der Waals surface area contributed by atoms with Crippen LogP contribution in [0.4, 0.5) is 10.8 Å². The number of para-hydroxylation sites is 1. The van der Waals surface area contributed by atoms with E-state index in [1.807, 2.05) is 61.5 Å². The Bertz CT molecular complexity index is 1360. The minimum absolute atomic E-state index is 0.102. The Morgan fingerprint density at radius 2 is 1.59 bits per heavy atom. The first-order chi connectivity index (χ1) is 15.4. The molecule has 32 heavy (non-hydrogen) atoms. The smallest absolute Gasteiger partial charge is 0.291 e. The number of aryl methyl sites for hydroxylation is 1. The zero-order valence-electron chi connectivity index (χ0n) is 16.8. The van der Waals surface area contributed by atoms with Crippen LogP contribution in [0.1, 0.15) is 15.9 Å². The molecular weight excluding hydrogens is 464 g/mol. The highest BCUT2D eigenvalue weighted by molar-refractivity contribution is 7.99. The molecule has 0 bridgehead atoms. The van der Waals surface area contributed by atoms with Gasteiger partial charge in [0.1, 0.15) is 0 Å². The molecule has 10 heteroatoms. The van der Waals surface area contributed by atoms with Gasteiger partial charge in [-0.2, -0.15) is 8.42 Å². The molecule has 1 amide bonds. The first-order valence-electron chi connectivity index (χ1n) is 9.47. The second-order valence-corrected chi connectivity index (χ2v) is 10.6. The van der Waals surface area contributed by atoms with Gasteiger partial charge in [0.2, 0.25) is 5.13 Å². The van der Waals surface area contributed by atoms with E-state index in [4.69, 9.17) is 0 Å². The van der Waals surface area contributed by atoms with Gasteiger partial charge in [-0.15, -0.1) is 10.2 Å². The van der Waals surface area contributed by atoms with E-state index in [1.54, 1.807) is 24.3 Å². The maximum Gasteiger partial charge on any atom is 0.291 e. The van der Waals surface area contributed by atoms with Crippen LogP contribution in [0.15, 0.2) is 93.0 Å². The lowest BCUT2D eigenvalue weighted by atomic mass is 10.1. The summed E-state index contributed by atoms with van der Waals surface area (Å²) in [5, 5.41) is 10.3. The number of sulfonamides is 1. The molecule has 0 radical (unpaired) electrons. The van der Waals surface area contributed by atoms with E-state index >= 15 is 0 Å². The Kier molecular flexibility index (Phi) is 6.54. The molecule has 1 heterocycles. The average molecular weight is 483 g/mol. The molecule has 2 N–H and O–H groups in total. The van der Waals surface area contributed by atoms with Crippen molar-refractivity contribution >= 4 is 49.8 Å². The van der Waals surface area contributed by atoms with Crippen LogP contribution in [0.3, 0.4) is 0 Å². The number of hydrogen-bond donors (Lipinski definition) is 2. The average Bonchev–Trinajstić information content (AvgIpc) is 3.25. The van der Waals surface area contributed by atoms with Crippen molar-refractivity contribution < 1.29 is 13.2 Å². The highest BCUT2D eigenvalue weighted by atomic mass is 32.2. The number of hydrogen-bond acceptors (Lipinski definition) is 7. The topological polar surface area (TPSA) is 101 Å². The normalized spacial score (nSPS) is 11.2. The Morgan fingerprint density at radius 1 is 0.906 bits per heavy atom. The summed E-state index contributed by atoms with van der Waals surface area (Å²) < 4.78 is 28.1. The minimum atomic E-state index is -3.99. The molecule has 0 aliphatic carbocycles. The highest BCUT2D eigenvalue weighted by Crippen LogP contribution is 2.34. The van der Waals surface area contributed by atoms with Crippen molar-refractivity contribution in [3.63, 3.8) is 0 Å². The molecule has 4 rings (SSSR count). The number of aromatic nitrogens is 2. The second-order valence-electron chi connectivity index (χ2n) is 6.66. The van der Waals surface area contributed by atoms with Crippen LogP contribution >= 0.6 is 23.1 Å². The lowest BCUT2D eigenvalue weighted by molar-refractivity contribution is 0.102. The highest BCUT2D eigenvalue weighted by Gasteiger charge is 2.23. The van der Waals surface area contributed by atoms with Crippen LogP contribution in [0.25, 0.3) is 0 Å². The van der Waals surface area contributed by atoms with Gasteiger partial charge < -0.3 is 0 Å².